The van der Waals surface area contributed by atoms with Crippen molar-refractivity contribution < 1.29 is 8.42 Å². The Labute approximate surface area is 111 Å². The van der Waals surface area contributed by atoms with Gasteiger partial charge in [0.2, 0.25) is 0 Å². The topological polar surface area (TPSA) is 59.1 Å². The van der Waals surface area contributed by atoms with Gasteiger partial charge in [-0.2, -0.15) is 0 Å². The predicted molar refractivity (Wildman–Crippen MR) is 73.7 cm³/mol. The minimum absolute atomic E-state index is 0.154. The molecule has 1 atom stereocenters. The average Bonchev–Trinajstić information content (AvgIpc) is 2.82. The van der Waals surface area contributed by atoms with E-state index in [2.05, 4.69) is 10.3 Å². The molecule has 1 heterocycles. The maximum Gasteiger partial charge on any atom is 0.175 e. The third-order valence-corrected chi connectivity index (χ3v) is 4.63. The Bertz CT molecular complexity index is 604. The van der Waals surface area contributed by atoms with E-state index in [4.69, 9.17) is 0 Å². The minimum atomic E-state index is -3.13. The zero-order valence-electron chi connectivity index (χ0n) is 10.1. The van der Waals surface area contributed by atoms with Crippen LogP contribution in [0.5, 0.6) is 0 Å². The van der Waals surface area contributed by atoms with Crippen LogP contribution in [0.1, 0.15) is 17.8 Å². The first-order chi connectivity index (χ1) is 8.47. The average molecular weight is 282 g/mol. The molecule has 1 N–H and O–H groups in total. The molecule has 1 aromatic carbocycles. The molecule has 1 aromatic heterocycles. The molecule has 0 aliphatic rings. The number of nitrogens with one attached hydrogen (secondary N) is 1. The summed E-state index contributed by atoms with van der Waals surface area (Å²) in [5, 5.41) is 3.30. The maximum absolute atomic E-state index is 11.3. The number of rotatable bonds is 4. The van der Waals surface area contributed by atoms with E-state index >= 15 is 0 Å². The van der Waals surface area contributed by atoms with Gasteiger partial charge < -0.3 is 5.32 Å². The van der Waals surface area contributed by atoms with Crippen LogP contribution in [-0.4, -0.2) is 19.7 Å². The highest BCUT2D eigenvalue weighted by Crippen LogP contribution is 2.22. The number of sulfone groups is 1. The SMILES string of the molecule is CC(Nc1ccc(S(C)(=O)=O)cc1)c1cncs1. The van der Waals surface area contributed by atoms with Crippen LogP contribution in [-0.2, 0) is 9.84 Å². The summed E-state index contributed by atoms with van der Waals surface area (Å²) in [4.78, 5) is 5.50. The molecule has 0 amide bonds. The molecule has 0 saturated carbocycles. The van der Waals surface area contributed by atoms with Crippen LogP contribution in [0.15, 0.2) is 40.9 Å². The number of hydrogen-bond donors (Lipinski definition) is 1. The highest BCUT2D eigenvalue weighted by molar-refractivity contribution is 7.90. The predicted octanol–water partition coefficient (Wildman–Crippen LogP) is 2.72. The first-order valence-corrected chi connectivity index (χ1v) is 8.19. The van der Waals surface area contributed by atoms with Crippen molar-refractivity contribution in [3.05, 3.63) is 40.8 Å². The van der Waals surface area contributed by atoms with Gasteiger partial charge in [-0.25, -0.2) is 8.42 Å². The number of hydrogen-bond acceptors (Lipinski definition) is 5. The Morgan fingerprint density at radius 1 is 1.28 bits per heavy atom. The van der Waals surface area contributed by atoms with Gasteiger partial charge in [0.05, 0.1) is 16.4 Å². The van der Waals surface area contributed by atoms with Crippen molar-refractivity contribution in [2.75, 3.05) is 11.6 Å². The van der Waals surface area contributed by atoms with Crippen LogP contribution in [0, 0.1) is 0 Å². The summed E-state index contributed by atoms with van der Waals surface area (Å²) in [6.45, 7) is 2.04. The lowest BCUT2D eigenvalue weighted by Gasteiger charge is -2.13. The first-order valence-electron chi connectivity index (χ1n) is 5.42. The van der Waals surface area contributed by atoms with Gasteiger partial charge in [-0.3, -0.25) is 4.98 Å². The van der Waals surface area contributed by atoms with Crippen molar-refractivity contribution >= 4 is 26.9 Å². The Balaban J connectivity index is 2.12. The summed E-state index contributed by atoms with van der Waals surface area (Å²) in [7, 11) is -3.13. The van der Waals surface area contributed by atoms with Crippen LogP contribution in [0.4, 0.5) is 5.69 Å². The van der Waals surface area contributed by atoms with E-state index in [0.717, 1.165) is 10.6 Å². The molecule has 96 valence electrons. The van der Waals surface area contributed by atoms with Crippen molar-refractivity contribution in [3.63, 3.8) is 0 Å². The zero-order valence-corrected chi connectivity index (χ0v) is 11.8. The summed E-state index contributed by atoms with van der Waals surface area (Å²) in [5.41, 5.74) is 2.68. The minimum Gasteiger partial charge on any atom is -0.378 e. The van der Waals surface area contributed by atoms with Crippen LogP contribution in [0.25, 0.3) is 0 Å². The molecular weight excluding hydrogens is 268 g/mol. The fourth-order valence-electron chi connectivity index (χ4n) is 1.56. The van der Waals surface area contributed by atoms with Gasteiger partial charge in [-0.05, 0) is 31.2 Å². The quantitative estimate of drug-likeness (QED) is 0.936. The highest BCUT2D eigenvalue weighted by Gasteiger charge is 2.09. The summed E-state index contributed by atoms with van der Waals surface area (Å²) in [6.07, 6.45) is 3.03. The summed E-state index contributed by atoms with van der Waals surface area (Å²) in [5.74, 6) is 0. The van der Waals surface area contributed by atoms with Crippen molar-refractivity contribution in [2.45, 2.75) is 17.9 Å². The second-order valence-corrected chi connectivity index (χ2v) is 7.00. The van der Waals surface area contributed by atoms with Gasteiger partial charge in [-0.15, -0.1) is 11.3 Å². The molecule has 4 nitrogen and oxygen atoms in total. The van der Waals surface area contributed by atoms with E-state index in [1.165, 1.54) is 6.26 Å². The Hall–Kier alpha value is -1.40. The van der Waals surface area contributed by atoms with Gasteiger partial charge in [0.1, 0.15) is 0 Å². The summed E-state index contributed by atoms with van der Waals surface area (Å²) in [6, 6.07) is 6.91. The van der Waals surface area contributed by atoms with E-state index in [1.54, 1.807) is 41.1 Å². The largest absolute Gasteiger partial charge is 0.378 e. The Morgan fingerprint density at radius 2 is 1.94 bits per heavy atom. The number of nitrogens with zero attached hydrogens (tertiary/aromatic N) is 1. The summed E-state index contributed by atoms with van der Waals surface area (Å²) < 4.78 is 22.7. The molecule has 0 fully saturated rings. The summed E-state index contributed by atoms with van der Waals surface area (Å²) >= 11 is 1.59. The van der Waals surface area contributed by atoms with Gasteiger partial charge in [0.15, 0.2) is 9.84 Å². The lowest BCUT2D eigenvalue weighted by molar-refractivity contribution is 0.602. The second kappa shape index (κ2) is 5.07. The van der Waals surface area contributed by atoms with Gasteiger partial charge >= 0.3 is 0 Å². The van der Waals surface area contributed by atoms with E-state index in [-0.39, 0.29) is 6.04 Å². The molecule has 2 rings (SSSR count). The van der Waals surface area contributed by atoms with Gasteiger partial charge in [-0.1, -0.05) is 0 Å². The Morgan fingerprint density at radius 3 is 2.44 bits per heavy atom. The number of thiazole rings is 1. The smallest absolute Gasteiger partial charge is 0.175 e. The highest BCUT2D eigenvalue weighted by atomic mass is 32.2. The fourth-order valence-corrected chi connectivity index (χ4v) is 2.82. The van der Waals surface area contributed by atoms with E-state index < -0.39 is 9.84 Å². The molecule has 2 aromatic rings. The van der Waals surface area contributed by atoms with Gasteiger partial charge in [0.25, 0.3) is 0 Å². The second-order valence-electron chi connectivity index (χ2n) is 4.07. The molecule has 1 unspecified atom stereocenters. The van der Waals surface area contributed by atoms with Crippen molar-refractivity contribution in [2.24, 2.45) is 0 Å². The number of aromatic nitrogens is 1. The molecular formula is C12H14N2O2S2. The molecule has 6 heteroatoms. The Kier molecular flexibility index (Phi) is 3.68. The van der Waals surface area contributed by atoms with Gasteiger partial charge in [0, 0.05) is 23.0 Å². The van der Waals surface area contributed by atoms with E-state index in [9.17, 15) is 8.42 Å². The molecule has 0 saturated heterocycles. The third-order valence-electron chi connectivity index (χ3n) is 2.54. The van der Waals surface area contributed by atoms with Crippen molar-refractivity contribution in [3.8, 4) is 0 Å². The van der Waals surface area contributed by atoms with Crippen LogP contribution in [0.3, 0.4) is 0 Å². The molecule has 0 bridgehead atoms. The monoisotopic (exact) mass is 282 g/mol. The van der Waals surface area contributed by atoms with Crippen LogP contribution >= 0.6 is 11.3 Å². The van der Waals surface area contributed by atoms with E-state index in [0.29, 0.717) is 4.90 Å². The van der Waals surface area contributed by atoms with Crippen molar-refractivity contribution in [1.82, 2.24) is 4.98 Å². The lowest BCUT2D eigenvalue weighted by atomic mass is 10.2. The fraction of sp³-hybridized carbons (Fsp3) is 0.250. The number of benzene rings is 1. The maximum atomic E-state index is 11.3. The third kappa shape index (κ3) is 3.08. The van der Waals surface area contributed by atoms with E-state index in [1.807, 2.05) is 13.1 Å². The lowest BCUT2D eigenvalue weighted by Crippen LogP contribution is -2.05. The molecule has 0 aliphatic carbocycles. The van der Waals surface area contributed by atoms with Crippen LogP contribution in [0.2, 0.25) is 0 Å². The normalized spacial score (nSPS) is 13.2. The molecule has 0 radical (unpaired) electrons. The standard InChI is InChI=1S/C12H14N2O2S2/c1-9(12-7-13-8-17-12)14-10-3-5-11(6-4-10)18(2,15)16/h3-9,14H,1-2H3. The van der Waals surface area contributed by atoms with Crippen molar-refractivity contribution in [1.29, 1.82) is 0 Å². The molecule has 18 heavy (non-hydrogen) atoms. The number of anilines is 1. The zero-order chi connectivity index (χ0) is 13.2. The first kappa shape index (κ1) is 13.0. The van der Waals surface area contributed by atoms with Crippen LogP contribution < -0.4 is 5.32 Å². The molecule has 0 spiro atoms. The molecule has 0 aliphatic heterocycles.